The van der Waals surface area contributed by atoms with Crippen LogP contribution in [0, 0.1) is 11.3 Å². The Balaban J connectivity index is 2.24. The first-order valence-electron chi connectivity index (χ1n) is 4.81. The second-order valence-corrected chi connectivity index (χ2v) is 8.04. The molecule has 1 unspecified atom stereocenters. The van der Waals surface area contributed by atoms with Gasteiger partial charge in [0.2, 0.25) is 0 Å². The number of nitrogens with zero attached hydrogens (tertiary/aromatic N) is 2. The average Bonchev–Trinajstić information content (AvgIpc) is 2.76. The van der Waals surface area contributed by atoms with Gasteiger partial charge in [-0.15, -0.1) is 11.3 Å². The van der Waals surface area contributed by atoms with E-state index in [9.17, 15) is 8.42 Å². The molecule has 1 saturated heterocycles. The quantitative estimate of drug-likeness (QED) is 0.818. The molecule has 0 N–H and O–H groups in total. The number of ether oxygens (including phenoxy) is 1. The third-order valence-corrected chi connectivity index (χ3v) is 6.27. The van der Waals surface area contributed by atoms with Gasteiger partial charge in [0.25, 0.3) is 10.0 Å². The third-order valence-electron chi connectivity index (χ3n) is 2.32. The Bertz CT molecular complexity index is 549. The van der Waals surface area contributed by atoms with Crippen molar-refractivity contribution in [2.45, 2.75) is 10.3 Å². The fourth-order valence-corrected chi connectivity index (χ4v) is 5.07. The average molecular weight is 337 g/mol. The van der Waals surface area contributed by atoms with Gasteiger partial charge in [0.1, 0.15) is 4.21 Å². The number of morpholine rings is 1. The van der Waals surface area contributed by atoms with Crippen LogP contribution in [0.4, 0.5) is 0 Å². The fourth-order valence-electron chi connectivity index (χ4n) is 1.49. The monoisotopic (exact) mass is 336 g/mol. The van der Waals surface area contributed by atoms with Crippen LogP contribution in [0.3, 0.4) is 0 Å². The molecule has 5 nitrogen and oxygen atoms in total. The van der Waals surface area contributed by atoms with Gasteiger partial charge >= 0.3 is 0 Å². The number of nitriles is 1. The zero-order chi connectivity index (χ0) is 12.5. The first kappa shape index (κ1) is 13.0. The van der Waals surface area contributed by atoms with Crippen LogP contribution in [0.5, 0.6) is 0 Å². The van der Waals surface area contributed by atoms with Crippen molar-refractivity contribution < 1.29 is 13.2 Å². The molecule has 92 valence electrons. The lowest BCUT2D eigenvalue weighted by molar-refractivity contribution is 0.0312. The molecule has 0 saturated carbocycles. The zero-order valence-electron chi connectivity index (χ0n) is 8.67. The van der Waals surface area contributed by atoms with Crippen molar-refractivity contribution in [3.05, 3.63) is 15.9 Å². The standard InChI is InChI=1S/C9H9BrN2O3S2/c10-8-1-2-9(16-8)17(13,14)12-3-4-15-7(5-11)6-12/h1-2,7H,3-4,6H2. The molecule has 1 aromatic heterocycles. The Morgan fingerprint density at radius 2 is 2.35 bits per heavy atom. The molecule has 1 aliphatic heterocycles. The van der Waals surface area contributed by atoms with Crippen LogP contribution in [0.15, 0.2) is 20.1 Å². The molecule has 0 amide bonds. The number of sulfonamides is 1. The summed E-state index contributed by atoms with van der Waals surface area (Å²) in [5.74, 6) is 0. The van der Waals surface area contributed by atoms with Crippen LogP contribution in [-0.4, -0.2) is 38.5 Å². The maximum absolute atomic E-state index is 12.2. The summed E-state index contributed by atoms with van der Waals surface area (Å²) in [6.07, 6.45) is -0.679. The second-order valence-electron chi connectivity index (χ2n) is 3.41. The van der Waals surface area contributed by atoms with E-state index in [-0.39, 0.29) is 23.9 Å². The summed E-state index contributed by atoms with van der Waals surface area (Å²) < 4.78 is 31.9. The predicted molar refractivity (Wildman–Crippen MR) is 66.1 cm³/mol. The van der Waals surface area contributed by atoms with Crippen molar-refractivity contribution >= 4 is 37.3 Å². The van der Waals surface area contributed by atoms with Crippen molar-refractivity contribution in [2.75, 3.05) is 19.7 Å². The van der Waals surface area contributed by atoms with Gasteiger partial charge in [-0.2, -0.15) is 9.57 Å². The van der Waals surface area contributed by atoms with E-state index in [1.54, 1.807) is 12.1 Å². The number of hydrogen-bond acceptors (Lipinski definition) is 5. The van der Waals surface area contributed by atoms with E-state index in [1.807, 2.05) is 6.07 Å². The Morgan fingerprint density at radius 1 is 1.59 bits per heavy atom. The number of thiophene rings is 1. The Labute approximate surface area is 112 Å². The molecule has 0 aromatic carbocycles. The topological polar surface area (TPSA) is 70.4 Å². The predicted octanol–water partition coefficient (Wildman–Crippen LogP) is 1.42. The molecule has 2 heterocycles. The molecule has 0 aliphatic carbocycles. The SMILES string of the molecule is N#CC1CN(S(=O)(=O)c2ccc(Br)s2)CCO1. The highest BCUT2D eigenvalue weighted by atomic mass is 79.9. The second kappa shape index (κ2) is 5.04. The molecule has 8 heteroatoms. The molecule has 0 radical (unpaired) electrons. The smallest absolute Gasteiger partial charge is 0.252 e. The maximum Gasteiger partial charge on any atom is 0.252 e. The minimum atomic E-state index is -3.49. The fraction of sp³-hybridized carbons (Fsp3) is 0.444. The summed E-state index contributed by atoms with van der Waals surface area (Å²) in [4.78, 5) is 0. The van der Waals surface area contributed by atoms with Gasteiger partial charge in [0.05, 0.1) is 23.0 Å². The lowest BCUT2D eigenvalue weighted by Crippen LogP contribution is -2.44. The van der Waals surface area contributed by atoms with Crippen molar-refractivity contribution in [1.82, 2.24) is 4.31 Å². The summed E-state index contributed by atoms with van der Waals surface area (Å²) in [6, 6.07) is 5.18. The first-order chi connectivity index (χ1) is 8.04. The summed E-state index contributed by atoms with van der Waals surface area (Å²) in [5.41, 5.74) is 0. The lowest BCUT2D eigenvalue weighted by atomic mass is 10.3. The van der Waals surface area contributed by atoms with Crippen LogP contribution in [0.1, 0.15) is 0 Å². The molecule has 1 aromatic rings. The normalized spacial score (nSPS) is 22.2. The Morgan fingerprint density at radius 3 is 2.94 bits per heavy atom. The summed E-state index contributed by atoms with van der Waals surface area (Å²) in [6.45, 7) is 0.633. The van der Waals surface area contributed by atoms with E-state index < -0.39 is 16.1 Å². The molecular weight excluding hydrogens is 328 g/mol. The van der Waals surface area contributed by atoms with Gasteiger partial charge in [0, 0.05) is 6.54 Å². The van der Waals surface area contributed by atoms with E-state index in [0.29, 0.717) is 0 Å². The largest absolute Gasteiger partial charge is 0.361 e. The van der Waals surface area contributed by atoms with E-state index in [4.69, 9.17) is 10.00 Å². The Hall–Kier alpha value is -0.460. The molecule has 1 fully saturated rings. The lowest BCUT2D eigenvalue weighted by Gasteiger charge is -2.28. The Kier molecular flexibility index (Phi) is 3.85. The minimum Gasteiger partial charge on any atom is -0.361 e. The van der Waals surface area contributed by atoms with Crippen LogP contribution >= 0.6 is 27.3 Å². The molecule has 2 rings (SSSR count). The maximum atomic E-state index is 12.2. The first-order valence-corrected chi connectivity index (χ1v) is 7.85. The molecular formula is C9H9BrN2O3S2. The van der Waals surface area contributed by atoms with Crippen molar-refractivity contribution in [1.29, 1.82) is 5.26 Å². The van der Waals surface area contributed by atoms with Crippen LogP contribution in [-0.2, 0) is 14.8 Å². The highest BCUT2D eigenvalue weighted by Crippen LogP contribution is 2.29. The van der Waals surface area contributed by atoms with Gasteiger partial charge in [-0.25, -0.2) is 8.42 Å². The highest BCUT2D eigenvalue weighted by Gasteiger charge is 2.31. The van der Waals surface area contributed by atoms with Crippen molar-refractivity contribution in [3.8, 4) is 6.07 Å². The van der Waals surface area contributed by atoms with Gasteiger partial charge < -0.3 is 4.74 Å². The van der Waals surface area contributed by atoms with Crippen molar-refractivity contribution in [2.24, 2.45) is 0 Å². The van der Waals surface area contributed by atoms with Crippen LogP contribution in [0.2, 0.25) is 0 Å². The number of halogens is 1. The van der Waals surface area contributed by atoms with Gasteiger partial charge in [-0.3, -0.25) is 0 Å². The van der Waals surface area contributed by atoms with Crippen molar-refractivity contribution in [3.63, 3.8) is 0 Å². The zero-order valence-corrected chi connectivity index (χ0v) is 11.9. The number of rotatable bonds is 2. The molecule has 1 aliphatic rings. The summed E-state index contributed by atoms with van der Waals surface area (Å²) in [5, 5.41) is 8.75. The van der Waals surface area contributed by atoms with Gasteiger partial charge in [-0.05, 0) is 28.1 Å². The van der Waals surface area contributed by atoms with E-state index >= 15 is 0 Å². The third kappa shape index (κ3) is 2.69. The molecule has 17 heavy (non-hydrogen) atoms. The van der Waals surface area contributed by atoms with Crippen LogP contribution in [0.25, 0.3) is 0 Å². The number of hydrogen-bond donors (Lipinski definition) is 0. The van der Waals surface area contributed by atoms with E-state index in [1.165, 1.54) is 4.31 Å². The van der Waals surface area contributed by atoms with E-state index in [0.717, 1.165) is 15.1 Å². The van der Waals surface area contributed by atoms with E-state index in [2.05, 4.69) is 15.9 Å². The molecule has 0 spiro atoms. The van der Waals surface area contributed by atoms with Crippen LogP contribution < -0.4 is 0 Å². The summed E-state index contributed by atoms with van der Waals surface area (Å²) >= 11 is 4.39. The van der Waals surface area contributed by atoms with Gasteiger partial charge in [0.15, 0.2) is 6.10 Å². The minimum absolute atomic E-state index is 0.0916. The molecule has 0 bridgehead atoms. The highest BCUT2D eigenvalue weighted by molar-refractivity contribution is 9.11. The summed E-state index contributed by atoms with van der Waals surface area (Å²) in [7, 11) is -3.49. The molecule has 1 atom stereocenters. The van der Waals surface area contributed by atoms with Gasteiger partial charge in [-0.1, -0.05) is 0 Å².